The lowest BCUT2D eigenvalue weighted by molar-refractivity contribution is 0.0720. The SMILES string of the molecule is Fc1cccc(CNC2CN3CCC2CC3)c1Cl. The van der Waals surface area contributed by atoms with Gasteiger partial charge < -0.3 is 10.2 Å². The van der Waals surface area contributed by atoms with Crippen LogP contribution in [0.5, 0.6) is 0 Å². The molecule has 98 valence electrons. The lowest BCUT2D eigenvalue weighted by Gasteiger charge is -2.45. The molecule has 1 aromatic rings. The average molecular weight is 269 g/mol. The third kappa shape index (κ3) is 2.40. The molecular formula is C14H18ClFN2. The number of benzene rings is 1. The zero-order valence-electron chi connectivity index (χ0n) is 10.3. The normalized spacial score (nSPS) is 30.7. The monoisotopic (exact) mass is 268 g/mol. The van der Waals surface area contributed by atoms with Crippen molar-refractivity contribution in [3.63, 3.8) is 0 Å². The van der Waals surface area contributed by atoms with Gasteiger partial charge in [0, 0.05) is 19.1 Å². The molecule has 1 atom stereocenters. The Kier molecular flexibility index (Phi) is 3.55. The molecule has 3 aliphatic heterocycles. The van der Waals surface area contributed by atoms with Gasteiger partial charge in [-0.05, 0) is 43.5 Å². The number of fused-ring (bicyclic) bond motifs is 3. The van der Waals surface area contributed by atoms with Gasteiger partial charge in [0.1, 0.15) is 5.82 Å². The summed E-state index contributed by atoms with van der Waals surface area (Å²) in [5, 5.41) is 3.80. The fourth-order valence-electron chi connectivity index (χ4n) is 3.12. The Labute approximate surface area is 112 Å². The fourth-order valence-corrected chi connectivity index (χ4v) is 3.32. The van der Waals surface area contributed by atoms with Gasteiger partial charge in [-0.2, -0.15) is 0 Å². The summed E-state index contributed by atoms with van der Waals surface area (Å²) in [6, 6.07) is 5.54. The van der Waals surface area contributed by atoms with Crippen molar-refractivity contribution in [1.82, 2.24) is 10.2 Å². The van der Waals surface area contributed by atoms with Gasteiger partial charge in [-0.15, -0.1) is 0 Å². The molecule has 3 aliphatic rings. The average Bonchev–Trinajstić information content (AvgIpc) is 2.42. The molecule has 4 heteroatoms. The minimum Gasteiger partial charge on any atom is -0.308 e. The predicted molar refractivity (Wildman–Crippen MR) is 71.2 cm³/mol. The van der Waals surface area contributed by atoms with E-state index in [1.54, 1.807) is 6.07 Å². The Hall–Kier alpha value is -0.640. The number of halogens is 2. The summed E-state index contributed by atoms with van der Waals surface area (Å²) in [6.07, 6.45) is 2.57. The molecule has 2 nitrogen and oxygen atoms in total. The molecule has 0 saturated carbocycles. The van der Waals surface area contributed by atoms with Gasteiger partial charge in [-0.1, -0.05) is 23.7 Å². The summed E-state index contributed by atoms with van der Waals surface area (Å²) in [6.45, 7) is 4.26. The van der Waals surface area contributed by atoms with Crippen molar-refractivity contribution < 1.29 is 4.39 Å². The molecule has 1 unspecified atom stereocenters. The van der Waals surface area contributed by atoms with E-state index in [0.29, 0.717) is 12.6 Å². The van der Waals surface area contributed by atoms with Gasteiger partial charge in [-0.25, -0.2) is 4.39 Å². The second-order valence-corrected chi connectivity index (χ2v) is 5.72. The molecule has 3 fully saturated rings. The zero-order valence-corrected chi connectivity index (χ0v) is 11.1. The number of hydrogen-bond donors (Lipinski definition) is 1. The van der Waals surface area contributed by atoms with Crippen LogP contribution in [-0.2, 0) is 6.54 Å². The topological polar surface area (TPSA) is 15.3 Å². The van der Waals surface area contributed by atoms with E-state index in [9.17, 15) is 4.39 Å². The van der Waals surface area contributed by atoms with E-state index in [-0.39, 0.29) is 10.8 Å². The highest BCUT2D eigenvalue weighted by Crippen LogP contribution is 2.28. The lowest BCUT2D eigenvalue weighted by atomic mass is 9.84. The van der Waals surface area contributed by atoms with Crippen LogP contribution in [0.4, 0.5) is 4.39 Å². The largest absolute Gasteiger partial charge is 0.308 e. The molecule has 0 spiro atoms. The highest BCUT2D eigenvalue weighted by molar-refractivity contribution is 6.31. The molecule has 0 radical (unpaired) electrons. The van der Waals surface area contributed by atoms with Crippen LogP contribution in [0, 0.1) is 11.7 Å². The molecule has 0 amide bonds. The van der Waals surface area contributed by atoms with Crippen LogP contribution in [0.1, 0.15) is 18.4 Å². The molecule has 1 aromatic carbocycles. The van der Waals surface area contributed by atoms with Crippen molar-refractivity contribution in [2.45, 2.75) is 25.4 Å². The minimum absolute atomic E-state index is 0.256. The summed E-state index contributed by atoms with van der Waals surface area (Å²) >= 11 is 5.96. The maximum Gasteiger partial charge on any atom is 0.142 e. The summed E-state index contributed by atoms with van der Waals surface area (Å²) in [5.74, 6) is 0.451. The lowest BCUT2D eigenvalue weighted by Crippen LogP contribution is -2.55. The highest BCUT2D eigenvalue weighted by Gasteiger charge is 2.33. The first-order chi connectivity index (χ1) is 8.74. The van der Waals surface area contributed by atoms with E-state index in [2.05, 4.69) is 10.2 Å². The van der Waals surface area contributed by atoms with Gasteiger partial charge in [0.15, 0.2) is 0 Å². The number of nitrogens with one attached hydrogen (secondary N) is 1. The second kappa shape index (κ2) is 5.16. The Bertz CT molecular complexity index is 430. The molecule has 1 N–H and O–H groups in total. The molecule has 0 aromatic heterocycles. The minimum atomic E-state index is -0.329. The maximum absolute atomic E-state index is 13.3. The van der Waals surface area contributed by atoms with Crippen LogP contribution in [0.25, 0.3) is 0 Å². The highest BCUT2D eigenvalue weighted by atomic mass is 35.5. The Morgan fingerprint density at radius 3 is 2.78 bits per heavy atom. The summed E-state index contributed by atoms with van der Waals surface area (Å²) < 4.78 is 13.3. The molecular weight excluding hydrogens is 251 g/mol. The van der Waals surface area contributed by atoms with E-state index in [1.807, 2.05) is 6.07 Å². The smallest absolute Gasteiger partial charge is 0.142 e. The van der Waals surface area contributed by atoms with Crippen LogP contribution >= 0.6 is 11.6 Å². The van der Waals surface area contributed by atoms with Gasteiger partial charge in [-0.3, -0.25) is 0 Å². The van der Waals surface area contributed by atoms with Gasteiger partial charge in [0.2, 0.25) is 0 Å². The van der Waals surface area contributed by atoms with Crippen molar-refractivity contribution >= 4 is 11.6 Å². The summed E-state index contributed by atoms with van der Waals surface area (Å²) in [5.41, 5.74) is 0.855. The molecule has 4 rings (SSSR count). The standard InChI is InChI=1S/C14H18ClFN2/c15-14-11(2-1-3-12(14)16)8-17-13-9-18-6-4-10(13)5-7-18/h1-3,10,13,17H,4-9H2. The first-order valence-corrected chi connectivity index (χ1v) is 7.00. The molecule has 0 aliphatic carbocycles. The van der Waals surface area contributed by atoms with Crippen LogP contribution in [0.3, 0.4) is 0 Å². The van der Waals surface area contributed by atoms with Crippen LogP contribution < -0.4 is 5.32 Å². The Morgan fingerprint density at radius 1 is 1.33 bits per heavy atom. The third-order valence-electron chi connectivity index (χ3n) is 4.24. The van der Waals surface area contributed by atoms with E-state index in [4.69, 9.17) is 11.6 Å². The van der Waals surface area contributed by atoms with Crippen LogP contribution in [-0.4, -0.2) is 30.6 Å². The molecule has 2 bridgehead atoms. The summed E-state index contributed by atoms with van der Waals surface area (Å²) in [7, 11) is 0. The number of hydrogen-bond acceptors (Lipinski definition) is 2. The Balaban J connectivity index is 1.63. The van der Waals surface area contributed by atoms with E-state index in [1.165, 1.54) is 32.0 Å². The van der Waals surface area contributed by atoms with E-state index < -0.39 is 0 Å². The molecule has 18 heavy (non-hydrogen) atoms. The first-order valence-electron chi connectivity index (χ1n) is 6.62. The van der Waals surface area contributed by atoms with Crippen molar-refractivity contribution in [3.05, 3.63) is 34.6 Å². The van der Waals surface area contributed by atoms with E-state index in [0.717, 1.165) is 18.0 Å². The second-order valence-electron chi connectivity index (χ2n) is 5.34. The number of nitrogens with zero attached hydrogens (tertiary/aromatic N) is 1. The van der Waals surface area contributed by atoms with Crippen molar-refractivity contribution in [2.24, 2.45) is 5.92 Å². The summed E-state index contributed by atoms with van der Waals surface area (Å²) in [4.78, 5) is 2.50. The number of rotatable bonds is 3. The molecule has 3 heterocycles. The fraction of sp³-hybridized carbons (Fsp3) is 0.571. The van der Waals surface area contributed by atoms with Crippen molar-refractivity contribution in [2.75, 3.05) is 19.6 Å². The van der Waals surface area contributed by atoms with Gasteiger partial charge in [0.25, 0.3) is 0 Å². The predicted octanol–water partition coefficient (Wildman–Crippen LogP) is 2.66. The first kappa shape index (κ1) is 12.4. The van der Waals surface area contributed by atoms with Gasteiger partial charge in [0.05, 0.1) is 5.02 Å². The number of piperidine rings is 3. The zero-order chi connectivity index (χ0) is 12.5. The van der Waals surface area contributed by atoms with Crippen LogP contribution in [0.15, 0.2) is 18.2 Å². The van der Waals surface area contributed by atoms with Gasteiger partial charge >= 0.3 is 0 Å². The third-order valence-corrected chi connectivity index (χ3v) is 4.67. The van der Waals surface area contributed by atoms with Crippen molar-refractivity contribution in [1.29, 1.82) is 0 Å². The molecule has 3 saturated heterocycles. The quantitative estimate of drug-likeness (QED) is 0.907. The van der Waals surface area contributed by atoms with Crippen molar-refractivity contribution in [3.8, 4) is 0 Å². The van der Waals surface area contributed by atoms with E-state index >= 15 is 0 Å². The van der Waals surface area contributed by atoms with Crippen LogP contribution in [0.2, 0.25) is 5.02 Å². The maximum atomic E-state index is 13.3. The Morgan fingerprint density at radius 2 is 2.11 bits per heavy atom.